The van der Waals surface area contributed by atoms with Crippen molar-refractivity contribution < 1.29 is 9.18 Å². The minimum absolute atomic E-state index is 0.0664. The van der Waals surface area contributed by atoms with E-state index in [-0.39, 0.29) is 11.6 Å². The second-order valence-electron chi connectivity index (χ2n) is 9.65. The average molecular weight is 589 g/mol. The zero-order chi connectivity index (χ0) is 27.0. The fourth-order valence-corrected chi connectivity index (χ4v) is 6.82. The normalized spacial score (nSPS) is 17.5. The highest BCUT2D eigenvalue weighted by atomic mass is 79.9. The number of carbonyl (C=O) groups is 1. The van der Waals surface area contributed by atoms with Gasteiger partial charge in [0.15, 0.2) is 5.78 Å². The van der Waals surface area contributed by atoms with Crippen molar-refractivity contribution in [2.75, 3.05) is 4.90 Å². The smallest absolute Gasteiger partial charge is 0.161 e. The number of Topliss-reactive ketones (excluding diaryl/α,β-unsaturated/α-hetero) is 1. The number of carbonyl (C=O) groups excluding carboxylic acids is 1. The Hall–Kier alpha value is -3.34. The Morgan fingerprint density at radius 2 is 1.87 bits per heavy atom. The number of para-hydroxylation sites is 1. The van der Waals surface area contributed by atoms with Gasteiger partial charge in [0.05, 0.1) is 23.2 Å². The van der Waals surface area contributed by atoms with E-state index in [1.165, 1.54) is 12.1 Å². The topological polar surface area (TPSA) is 70.1 Å². The molecule has 0 saturated carbocycles. The molecule has 5 rings (SSSR count). The molecule has 0 aromatic heterocycles. The van der Waals surface area contributed by atoms with Gasteiger partial charge in [-0.25, -0.2) is 4.39 Å². The van der Waals surface area contributed by atoms with Gasteiger partial charge >= 0.3 is 0 Å². The molecule has 192 valence electrons. The lowest BCUT2D eigenvalue weighted by atomic mass is 9.73. The van der Waals surface area contributed by atoms with E-state index in [0.29, 0.717) is 35.6 Å². The predicted octanol–water partition coefficient (Wildman–Crippen LogP) is 7.80. The van der Waals surface area contributed by atoms with Crippen LogP contribution in [0.15, 0.2) is 92.7 Å². The third kappa shape index (κ3) is 4.79. The van der Waals surface area contributed by atoms with Gasteiger partial charge in [0, 0.05) is 32.8 Å². The van der Waals surface area contributed by atoms with Crippen LogP contribution < -0.4 is 10.6 Å². The molecule has 0 amide bonds. The fourth-order valence-electron chi connectivity index (χ4n) is 5.41. The van der Waals surface area contributed by atoms with Crippen molar-refractivity contribution in [3.05, 3.63) is 116 Å². The first kappa shape index (κ1) is 26.3. The quantitative estimate of drug-likeness (QED) is 0.308. The third-order valence-corrected chi connectivity index (χ3v) is 8.96. The Labute approximate surface area is 235 Å². The molecule has 1 aliphatic heterocycles. The van der Waals surface area contributed by atoms with Crippen LogP contribution in [0.2, 0.25) is 0 Å². The fraction of sp³-hybridized carbons (Fsp3) is 0.226. The molecule has 7 heteroatoms. The Kier molecular flexibility index (Phi) is 7.47. The first-order valence-corrected chi connectivity index (χ1v) is 14.3. The molecule has 0 saturated heterocycles. The maximum Gasteiger partial charge on any atom is 0.161 e. The molecular formula is C31H27BrFN3OS. The summed E-state index contributed by atoms with van der Waals surface area (Å²) in [6.07, 6.45) is 1.90. The van der Waals surface area contributed by atoms with Crippen LogP contribution in [-0.4, -0.2) is 5.78 Å². The third-order valence-electron chi connectivity index (χ3n) is 7.23. The number of hydrogen-bond donors (Lipinski definition) is 1. The van der Waals surface area contributed by atoms with Crippen LogP contribution in [0.3, 0.4) is 0 Å². The van der Waals surface area contributed by atoms with Crippen LogP contribution >= 0.6 is 27.7 Å². The summed E-state index contributed by atoms with van der Waals surface area (Å²) in [5.74, 6) is 0.337. The van der Waals surface area contributed by atoms with E-state index >= 15 is 0 Å². The van der Waals surface area contributed by atoms with E-state index in [1.54, 1.807) is 23.9 Å². The highest BCUT2D eigenvalue weighted by molar-refractivity contribution is 9.10. The minimum Gasteiger partial charge on any atom is -0.384 e. The predicted molar refractivity (Wildman–Crippen MR) is 154 cm³/mol. The zero-order valence-corrected chi connectivity index (χ0v) is 23.6. The Morgan fingerprint density at radius 3 is 2.58 bits per heavy atom. The number of hydrogen-bond acceptors (Lipinski definition) is 5. The maximum atomic E-state index is 13.6. The van der Waals surface area contributed by atoms with Crippen molar-refractivity contribution in [3.63, 3.8) is 0 Å². The minimum atomic E-state index is -0.518. The van der Waals surface area contributed by atoms with Gasteiger partial charge in [-0.3, -0.25) is 9.69 Å². The van der Waals surface area contributed by atoms with Crippen molar-refractivity contribution in [2.24, 2.45) is 5.73 Å². The van der Waals surface area contributed by atoms with Crippen molar-refractivity contribution in [1.29, 1.82) is 5.26 Å². The summed E-state index contributed by atoms with van der Waals surface area (Å²) in [5, 5.41) is 10.4. The SMILES string of the molecule is Cc1cc(CSc2ccc(F)cc2)c(C)c(C2C(C#N)=C(N)N(c3ccccc3Br)C3=C2C(=O)CCC3)c1. The van der Waals surface area contributed by atoms with Crippen LogP contribution in [0.1, 0.15) is 47.4 Å². The largest absolute Gasteiger partial charge is 0.384 e. The summed E-state index contributed by atoms with van der Waals surface area (Å²) in [6.45, 7) is 4.08. The number of nitrogens with zero attached hydrogens (tertiary/aromatic N) is 2. The van der Waals surface area contributed by atoms with Crippen molar-refractivity contribution in [1.82, 2.24) is 0 Å². The number of thioether (sulfide) groups is 1. The molecule has 1 aliphatic carbocycles. The molecule has 0 bridgehead atoms. The van der Waals surface area contributed by atoms with E-state index < -0.39 is 5.92 Å². The number of nitrogens with two attached hydrogens (primary N) is 1. The van der Waals surface area contributed by atoms with Crippen molar-refractivity contribution in [3.8, 4) is 6.07 Å². The lowest BCUT2D eigenvalue weighted by Gasteiger charge is -2.40. The van der Waals surface area contributed by atoms with Gasteiger partial charge in [-0.1, -0.05) is 29.8 Å². The number of anilines is 1. The summed E-state index contributed by atoms with van der Waals surface area (Å²) < 4.78 is 14.2. The molecule has 0 spiro atoms. The summed E-state index contributed by atoms with van der Waals surface area (Å²) in [4.78, 5) is 16.4. The summed E-state index contributed by atoms with van der Waals surface area (Å²) in [7, 11) is 0. The van der Waals surface area contributed by atoms with E-state index in [2.05, 4.69) is 34.1 Å². The number of allylic oxidation sites excluding steroid dienone is 3. The molecular weight excluding hydrogens is 561 g/mol. The number of benzene rings is 3. The number of nitriles is 1. The molecule has 0 radical (unpaired) electrons. The van der Waals surface area contributed by atoms with Crippen LogP contribution in [0.25, 0.3) is 0 Å². The Morgan fingerprint density at radius 1 is 1.13 bits per heavy atom. The molecule has 2 N–H and O–H groups in total. The second kappa shape index (κ2) is 10.8. The van der Waals surface area contributed by atoms with E-state index in [9.17, 15) is 14.4 Å². The van der Waals surface area contributed by atoms with Crippen LogP contribution in [0.4, 0.5) is 10.1 Å². The molecule has 1 unspecified atom stereocenters. The Bertz CT molecular complexity index is 1540. The second-order valence-corrected chi connectivity index (χ2v) is 11.6. The number of aryl methyl sites for hydroxylation is 1. The van der Waals surface area contributed by atoms with Crippen LogP contribution in [-0.2, 0) is 10.5 Å². The zero-order valence-electron chi connectivity index (χ0n) is 21.2. The first-order valence-electron chi connectivity index (χ1n) is 12.5. The van der Waals surface area contributed by atoms with E-state index in [1.807, 2.05) is 43.0 Å². The molecule has 38 heavy (non-hydrogen) atoms. The number of rotatable bonds is 5. The molecule has 4 nitrogen and oxygen atoms in total. The lowest BCUT2D eigenvalue weighted by Crippen LogP contribution is -2.39. The summed E-state index contributed by atoms with van der Waals surface area (Å²) in [6, 6.07) is 20.8. The molecule has 2 aliphatic rings. The standard InChI is InChI=1S/C31H27BrFN3OS/c1-18-14-20(17-38-22-12-10-21(33)11-13-22)19(2)23(15-18)29-24(16-34)31(35)36(26-7-4-3-6-25(26)32)27-8-5-9-28(37)30(27)29/h3-4,6-7,10-15,29H,5,8-9,17,35H2,1-2H3. The summed E-state index contributed by atoms with van der Waals surface area (Å²) >= 11 is 5.26. The van der Waals surface area contributed by atoms with Gasteiger partial charge in [0.2, 0.25) is 0 Å². The molecule has 1 heterocycles. The van der Waals surface area contributed by atoms with Gasteiger partial charge in [0.25, 0.3) is 0 Å². The number of ketones is 1. The highest BCUT2D eigenvalue weighted by Gasteiger charge is 2.41. The monoisotopic (exact) mass is 587 g/mol. The molecule has 1 atom stereocenters. The Balaban J connectivity index is 1.64. The van der Waals surface area contributed by atoms with Crippen molar-refractivity contribution in [2.45, 2.75) is 49.7 Å². The van der Waals surface area contributed by atoms with Crippen LogP contribution in [0.5, 0.6) is 0 Å². The van der Waals surface area contributed by atoms with Gasteiger partial charge < -0.3 is 5.73 Å². The van der Waals surface area contributed by atoms with Crippen molar-refractivity contribution >= 4 is 39.2 Å². The van der Waals surface area contributed by atoms with Gasteiger partial charge in [-0.2, -0.15) is 5.26 Å². The highest BCUT2D eigenvalue weighted by Crippen LogP contribution is 2.48. The average Bonchev–Trinajstić information content (AvgIpc) is 2.90. The molecule has 3 aromatic rings. The van der Waals surface area contributed by atoms with Gasteiger partial charge in [-0.05, 0) is 95.7 Å². The van der Waals surface area contributed by atoms with E-state index in [0.717, 1.165) is 49.4 Å². The first-order chi connectivity index (χ1) is 18.3. The summed E-state index contributed by atoms with van der Waals surface area (Å²) in [5.41, 5.74) is 13.7. The van der Waals surface area contributed by atoms with Gasteiger partial charge in [-0.15, -0.1) is 11.8 Å². The number of halogens is 2. The molecule has 3 aromatic carbocycles. The molecule has 0 fully saturated rings. The maximum absolute atomic E-state index is 13.6. The van der Waals surface area contributed by atoms with Gasteiger partial charge in [0.1, 0.15) is 11.6 Å². The lowest BCUT2D eigenvalue weighted by molar-refractivity contribution is -0.116. The van der Waals surface area contributed by atoms with Crippen LogP contribution in [0, 0.1) is 31.0 Å². The van der Waals surface area contributed by atoms with E-state index in [4.69, 9.17) is 5.73 Å².